The second-order valence-corrected chi connectivity index (χ2v) is 4.80. The van der Waals surface area contributed by atoms with Crippen molar-refractivity contribution in [1.29, 1.82) is 5.26 Å². The van der Waals surface area contributed by atoms with Gasteiger partial charge >= 0.3 is 0 Å². The normalized spacial score (nSPS) is 9.96. The zero-order chi connectivity index (χ0) is 17.0. The first-order chi connectivity index (χ1) is 10.9. The summed E-state index contributed by atoms with van der Waals surface area (Å²) in [6.45, 7) is 1.56. The number of carbonyl (C=O) groups is 1. The molecule has 1 amide bonds. The largest absolute Gasteiger partial charge is 0.360 e. The topological polar surface area (TPSA) is 125 Å². The van der Waals surface area contributed by atoms with Crippen molar-refractivity contribution in [2.75, 3.05) is 23.8 Å². The molecule has 0 spiro atoms. The third-order valence-corrected chi connectivity index (χ3v) is 2.99. The number of rotatable bonds is 5. The number of hydrogen-bond donors (Lipinski definition) is 1. The third kappa shape index (κ3) is 3.82. The van der Waals surface area contributed by atoms with Gasteiger partial charge in [0.25, 0.3) is 5.69 Å². The molecule has 9 heteroatoms. The number of nitriles is 1. The lowest BCUT2D eigenvalue weighted by Gasteiger charge is -2.18. The third-order valence-electron chi connectivity index (χ3n) is 2.99. The lowest BCUT2D eigenvalue weighted by Crippen LogP contribution is -2.30. The number of aryl methyl sites for hydroxylation is 1. The second kappa shape index (κ2) is 6.57. The Bertz CT molecular complexity index is 793. The molecule has 23 heavy (non-hydrogen) atoms. The van der Waals surface area contributed by atoms with E-state index in [0.29, 0.717) is 5.76 Å². The summed E-state index contributed by atoms with van der Waals surface area (Å²) in [5.41, 5.74) is 0.175. The van der Waals surface area contributed by atoms with E-state index in [2.05, 4.69) is 10.5 Å². The molecule has 118 valence electrons. The molecule has 0 aliphatic rings. The van der Waals surface area contributed by atoms with Crippen molar-refractivity contribution in [3.8, 4) is 6.07 Å². The molecule has 0 aliphatic heterocycles. The Morgan fingerprint density at radius 2 is 2.26 bits per heavy atom. The fourth-order valence-corrected chi connectivity index (χ4v) is 1.97. The first-order valence-corrected chi connectivity index (χ1v) is 6.53. The Balaban J connectivity index is 2.14. The van der Waals surface area contributed by atoms with Crippen molar-refractivity contribution in [2.24, 2.45) is 0 Å². The van der Waals surface area contributed by atoms with Gasteiger partial charge < -0.3 is 14.7 Å². The van der Waals surface area contributed by atoms with Crippen molar-refractivity contribution in [2.45, 2.75) is 6.92 Å². The summed E-state index contributed by atoms with van der Waals surface area (Å²) in [6.07, 6.45) is 0. The van der Waals surface area contributed by atoms with Gasteiger partial charge in [0.05, 0.1) is 23.1 Å². The van der Waals surface area contributed by atoms with Crippen LogP contribution in [0.4, 0.5) is 17.2 Å². The molecule has 0 saturated heterocycles. The van der Waals surface area contributed by atoms with Gasteiger partial charge in [0, 0.05) is 19.2 Å². The molecule has 0 radical (unpaired) electrons. The number of anilines is 2. The van der Waals surface area contributed by atoms with Gasteiger partial charge in [0.15, 0.2) is 5.82 Å². The summed E-state index contributed by atoms with van der Waals surface area (Å²) in [5.74, 6) is 0.422. The Hall–Kier alpha value is -3.41. The standard InChI is InChI=1S/C14H13N5O4/c1-9-5-13(17-23-9)16-14(20)8-18(2)11-4-3-10(7-15)6-12(11)19(21)22/h3-6H,8H2,1-2H3,(H,16,17,20). The predicted octanol–water partition coefficient (Wildman–Crippen LogP) is 1.84. The Labute approximate surface area is 131 Å². The Kier molecular flexibility index (Phi) is 4.56. The smallest absolute Gasteiger partial charge is 0.293 e. The minimum Gasteiger partial charge on any atom is -0.360 e. The summed E-state index contributed by atoms with van der Waals surface area (Å²) in [5, 5.41) is 26.1. The van der Waals surface area contributed by atoms with Crippen LogP contribution in [0.2, 0.25) is 0 Å². The summed E-state index contributed by atoms with van der Waals surface area (Å²) < 4.78 is 4.83. The van der Waals surface area contributed by atoms with E-state index in [4.69, 9.17) is 9.78 Å². The van der Waals surface area contributed by atoms with Crippen molar-refractivity contribution in [3.63, 3.8) is 0 Å². The van der Waals surface area contributed by atoms with E-state index < -0.39 is 10.8 Å². The number of aromatic nitrogens is 1. The fourth-order valence-electron chi connectivity index (χ4n) is 1.97. The van der Waals surface area contributed by atoms with E-state index in [0.717, 1.165) is 0 Å². The number of amides is 1. The number of benzene rings is 1. The predicted molar refractivity (Wildman–Crippen MR) is 81.0 cm³/mol. The van der Waals surface area contributed by atoms with E-state index >= 15 is 0 Å². The van der Waals surface area contributed by atoms with E-state index in [-0.39, 0.29) is 29.3 Å². The molecule has 1 aromatic carbocycles. The average molecular weight is 315 g/mol. The lowest BCUT2D eigenvalue weighted by molar-refractivity contribution is -0.384. The van der Waals surface area contributed by atoms with Crippen molar-refractivity contribution in [3.05, 3.63) is 45.7 Å². The summed E-state index contributed by atoms with van der Waals surface area (Å²) in [6, 6.07) is 7.46. The highest BCUT2D eigenvalue weighted by atomic mass is 16.6. The fraction of sp³-hybridized carbons (Fsp3) is 0.214. The molecule has 0 atom stereocenters. The van der Waals surface area contributed by atoms with Gasteiger partial charge in [-0.25, -0.2) is 0 Å². The molecule has 1 heterocycles. The number of nitro benzene ring substituents is 1. The van der Waals surface area contributed by atoms with Crippen LogP contribution in [0.25, 0.3) is 0 Å². The van der Waals surface area contributed by atoms with Crippen molar-refractivity contribution < 1.29 is 14.2 Å². The maximum Gasteiger partial charge on any atom is 0.293 e. The van der Waals surface area contributed by atoms with Crippen LogP contribution in [0.3, 0.4) is 0 Å². The minimum atomic E-state index is -0.592. The number of hydrogen-bond acceptors (Lipinski definition) is 7. The number of nitrogens with zero attached hydrogens (tertiary/aromatic N) is 4. The van der Waals surface area contributed by atoms with Gasteiger partial charge in [-0.15, -0.1) is 0 Å². The van der Waals surface area contributed by atoms with Crippen LogP contribution in [-0.4, -0.2) is 29.6 Å². The summed E-state index contributed by atoms with van der Waals surface area (Å²) in [4.78, 5) is 23.9. The van der Waals surface area contributed by atoms with Crippen molar-refractivity contribution in [1.82, 2.24) is 5.16 Å². The molecule has 1 aromatic heterocycles. The zero-order valence-electron chi connectivity index (χ0n) is 12.4. The minimum absolute atomic E-state index is 0.126. The molecule has 1 N–H and O–H groups in total. The molecular weight excluding hydrogens is 302 g/mol. The first kappa shape index (κ1) is 16.0. The van der Waals surface area contributed by atoms with Gasteiger partial charge in [0.1, 0.15) is 11.4 Å². The highest BCUT2D eigenvalue weighted by molar-refractivity contribution is 5.93. The average Bonchev–Trinajstić information content (AvgIpc) is 2.91. The second-order valence-electron chi connectivity index (χ2n) is 4.80. The number of carbonyl (C=O) groups excluding carboxylic acids is 1. The molecule has 2 rings (SSSR count). The Morgan fingerprint density at radius 1 is 1.52 bits per heavy atom. The van der Waals surface area contributed by atoms with Gasteiger partial charge in [-0.1, -0.05) is 5.16 Å². The van der Waals surface area contributed by atoms with E-state index in [1.54, 1.807) is 20.0 Å². The maximum atomic E-state index is 12.0. The van der Waals surface area contributed by atoms with Crippen molar-refractivity contribution >= 4 is 23.1 Å². The molecular formula is C14H13N5O4. The summed E-state index contributed by atoms with van der Waals surface area (Å²) in [7, 11) is 1.54. The highest BCUT2D eigenvalue weighted by Crippen LogP contribution is 2.28. The van der Waals surface area contributed by atoms with E-state index in [1.807, 2.05) is 6.07 Å². The number of nitro groups is 1. The zero-order valence-corrected chi connectivity index (χ0v) is 12.4. The monoisotopic (exact) mass is 315 g/mol. The summed E-state index contributed by atoms with van der Waals surface area (Å²) >= 11 is 0. The van der Waals surface area contributed by atoms with Gasteiger partial charge in [-0.2, -0.15) is 5.26 Å². The molecule has 0 unspecified atom stereocenters. The first-order valence-electron chi connectivity index (χ1n) is 6.53. The lowest BCUT2D eigenvalue weighted by atomic mass is 10.1. The van der Waals surface area contributed by atoms with Crippen LogP contribution in [0.5, 0.6) is 0 Å². The van der Waals surface area contributed by atoms with Crippen LogP contribution in [0.15, 0.2) is 28.8 Å². The quantitative estimate of drug-likeness (QED) is 0.659. The van der Waals surface area contributed by atoms with Crippen LogP contribution >= 0.6 is 0 Å². The van der Waals surface area contributed by atoms with Crippen LogP contribution < -0.4 is 10.2 Å². The van der Waals surface area contributed by atoms with Gasteiger partial charge in [-0.05, 0) is 19.1 Å². The number of likely N-dealkylation sites (N-methyl/N-ethyl adjacent to an activating group) is 1. The van der Waals surface area contributed by atoms with E-state index in [1.165, 1.54) is 23.1 Å². The molecule has 0 saturated carbocycles. The molecule has 0 bridgehead atoms. The Morgan fingerprint density at radius 3 is 2.83 bits per heavy atom. The number of nitrogens with one attached hydrogen (secondary N) is 1. The van der Waals surface area contributed by atoms with Crippen LogP contribution in [0.1, 0.15) is 11.3 Å². The van der Waals surface area contributed by atoms with Gasteiger partial charge in [0.2, 0.25) is 5.91 Å². The molecule has 0 aliphatic carbocycles. The van der Waals surface area contributed by atoms with Gasteiger partial charge in [-0.3, -0.25) is 14.9 Å². The highest BCUT2D eigenvalue weighted by Gasteiger charge is 2.20. The maximum absolute atomic E-state index is 12.0. The van der Waals surface area contributed by atoms with E-state index in [9.17, 15) is 14.9 Å². The van der Waals surface area contributed by atoms with Crippen LogP contribution in [0, 0.1) is 28.4 Å². The molecule has 0 fully saturated rings. The SMILES string of the molecule is Cc1cc(NC(=O)CN(C)c2ccc(C#N)cc2[N+](=O)[O-])no1. The molecule has 9 nitrogen and oxygen atoms in total. The molecule has 2 aromatic rings. The van der Waals surface area contributed by atoms with Crippen LogP contribution in [-0.2, 0) is 4.79 Å².